The van der Waals surface area contributed by atoms with Crippen LogP contribution in [0.5, 0.6) is 0 Å². The first-order chi connectivity index (χ1) is 9.28. The molecule has 0 saturated heterocycles. The van der Waals surface area contributed by atoms with E-state index in [1.807, 2.05) is 0 Å². The molecule has 0 saturated carbocycles. The van der Waals surface area contributed by atoms with Crippen LogP contribution in [0.3, 0.4) is 0 Å². The van der Waals surface area contributed by atoms with Gasteiger partial charge in [-0.2, -0.15) is 0 Å². The molecule has 0 aliphatic carbocycles. The summed E-state index contributed by atoms with van der Waals surface area (Å²) >= 11 is 4.07. The van der Waals surface area contributed by atoms with Gasteiger partial charge in [-0.1, -0.05) is 36.4 Å². The maximum absolute atomic E-state index is 5.74. The van der Waals surface area contributed by atoms with Gasteiger partial charge in [-0.15, -0.1) is 11.3 Å². The molecule has 4 heteroatoms. The number of benzene rings is 2. The Morgan fingerprint density at radius 1 is 1.00 bits per heavy atom. The van der Waals surface area contributed by atoms with Crippen LogP contribution in [0.2, 0.25) is 0 Å². The van der Waals surface area contributed by atoms with Gasteiger partial charge >= 0.3 is 0 Å². The van der Waals surface area contributed by atoms with E-state index in [0.29, 0.717) is 0 Å². The smallest absolute Gasteiger partial charge is 0.0718 e. The Balaban J connectivity index is 2.06. The highest BCUT2D eigenvalue weighted by molar-refractivity contribution is 14.1. The lowest BCUT2D eigenvalue weighted by Gasteiger charge is -2.15. The molecule has 1 aromatic heterocycles. The van der Waals surface area contributed by atoms with Crippen LogP contribution in [0, 0.1) is 2.88 Å². The lowest BCUT2D eigenvalue weighted by molar-refractivity contribution is 0.639. The second-order valence-corrected chi connectivity index (χ2v) is 7.20. The summed E-state index contributed by atoms with van der Waals surface area (Å²) in [5, 5.41) is 4.65. The molecule has 19 heavy (non-hydrogen) atoms. The van der Waals surface area contributed by atoms with Gasteiger partial charge in [0.1, 0.15) is 0 Å². The lowest BCUT2D eigenvalue weighted by atomic mass is 9.99. The van der Waals surface area contributed by atoms with E-state index in [2.05, 4.69) is 81.9 Å². The van der Waals surface area contributed by atoms with Crippen molar-refractivity contribution in [3.8, 4) is 0 Å². The molecule has 0 bridgehead atoms. The van der Waals surface area contributed by atoms with Crippen LogP contribution >= 0.6 is 33.9 Å². The lowest BCUT2D eigenvalue weighted by Crippen LogP contribution is -2.28. The van der Waals surface area contributed by atoms with Crippen molar-refractivity contribution in [3.05, 3.63) is 67.9 Å². The summed E-state index contributed by atoms with van der Waals surface area (Å²) in [4.78, 5) is 0. The monoisotopic (exact) mass is 380 g/mol. The molecular weight excluding hydrogens is 367 g/mol. The van der Waals surface area contributed by atoms with E-state index in [4.69, 9.17) is 5.84 Å². The summed E-state index contributed by atoms with van der Waals surface area (Å²) in [6.07, 6.45) is 0. The average molecular weight is 380 g/mol. The largest absolute Gasteiger partial charge is 0.271 e. The summed E-state index contributed by atoms with van der Waals surface area (Å²) < 4.78 is 1.27. The highest BCUT2D eigenvalue weighted by Gasteiger charge is 2.14. The van der Waals surface area contributed by atoms with Crippen LogP contribution in [-0.2, 0) is 0 Å². The standard InChI is InChI=1S/C15H13IN2S/c16-14-8-13(9-19-14)15(18-17)12-6-5-10-3-1-2-4-11(10)7-12/h1-9,15,18H,17H2. The Labute approximate surface area is 129 Å². The Morgan fingerprint density at radius 3 is 2.47 bits per heavy atom. The summed E-state index contributed by atoms with van der Waals surface area (Å²) in [5.41, 5.74) is 5.32. The molecule has 3 aromatic rings. The number of rotatable bonds is 3. The van der Waals surface area contributed by atoms with Crippen molar-refractivity contribution in [3.63, 3.8) is 0 Å². The fourth-order valence-corrected chi connectivity index (χ4v) is 3.64. The Morgan fingerprint density at radius 2 is 1.79 bits per heavy atom. The number of nitrogens with one attached hydrogen (secondary N) is 1. The van der Waals surface area contributed by atoms with E-state index >= 15 is 0 Å². The van der Waals surface area contributed by atoms with Crippen molar-refractivity contribution in [2.45, 2.75) is 6.04 Å². The molecule has 3 N–H and O–H groups in total. The highest BCUT2D eigenvalue weighted by atomic mass is 127. The number of halogens is 1. The van der Waals surface area contributed by atoms with E-state index in [1.54, 1.807) is 11.3 Å². The van der Waals surface area contributed by atoms with Crippen molar-refractivity contribution in [1.29, 1.82) is 0 Å². The van der Waals surface area contributed by atoms with Crippen LogP contribution in [-0.4, -0.2) is 0 Å². The minimum atomic E-state index is 0.0457. The molecule has 0 spiro atoms. The van der Waals surface area contributed by atoms with E-state index in [1.165, 1.54) is 24.8 Å². The molecule has 2 aromatic carbocycles. The quantitative estimate of drug-likeness (QED) is 0.409. The number of hydrazine groups is 1. The van der Waals surface area contributed by atoms with Crippen LogP contribution in [0.1, 0.15) is 17.2 Å². The molecule has 0 aliphatic heterocycles. The zero-order valence-corrected chi connectivity index (χ0v) is 13.1. The molecule has 0 radical (unpaired) electrons. The van der Waals surface area contributed by atoms with Gasteiger partial charge in [-0.25, -0.2) is 5.43 Å². The summed E-state index contributed by atoms with van der Waals surface area (Å²) in [6.45, 7) is 0. The summed E-state index contributed by atoms with van der Waals surface area (Å²) in [6, 6.07) is 17.1. The zero-order valence-electron chi connectivity index (χ0n) is 10.1. The molecule has 0 fully saturated rings. The third kappa shape index (κ3) is 2.67. The predicted octanol–water partition coefficient (Wildman–Crippen LogP) is 4.06. The van der Waals surface area contributed by atoms with Gasteiger partial charge in [0.25, 0.3) is 0 Å². The molecule has 96 valence electrons. The number of nitrogens with two attached hydrogens (primary N) is 1. The van der Waals surface area contributed by atoms with Crippen LogP contribution in [0.15, 0.2) is 53.9 Å². The van der Waals surface area contributed by atoms with Crippen molar-refractivity contribution >= 4 is 44.7 Å². The molecule has 1 heterocycles. The van der Waals surface area contributed by atoms with E-state index in [9.17, 15) is 0 Å². The molecule has 0 amide bonds. The first kappa shape index (κ1) is 13.1. The fourth-order valence-electron chi connectivity index (χ4n) is 2.25. The Bertz CT molecular complexity index is 708. The number of hydrogen-bond donors (Lipinski definition) is 2. The van der Waals surface area contributed by atoms with Crippen molar-refractivity contribution in [2.75, 3.05) is 0 Å². The minimum Gasteiger partial charge on any atom is -0.271 e. The highest BCUT2D eigenvalue weighted by Crippen LogP contribution is 2.28. The van der Waals surface area contributed by atoms with Gasteiger partial charge in [0.2, 0.25) is 0 Å². The van der Waals surface area contributed by atoms with Gasteiger partial charge in [0, 0.05) is 0 Å². The first-order valence-corrected chi connectivity index (χ1v) is 7.92. The molecule has 1 atom stereocenters. The van der Waals surface area contributed by atoms with Gasteiger partial charge in [-0.05, 0) is 62.0 Å². The van der Waals surface area contributed by atoms with Gasteiger partial charge < -0.3 is 0 Å². The zero-order chi connectivity index (χ0) is 13.2. The average Bonchev–Trinajstić information content (AvgIpc) is 2.86. The fraction of sp³-hybridized carbons (Fsp3) is 0.0667. The molecule has 2 nitrogen and oxygen atoms in total. The van der Waals surface area contributed by atoms with Gasteiger partial charge in [0.15, 0.2) is 0 Å². The maximum atomic E-state index is 5.74. The van der Waals surface area contributed by atoms with Crippen LogP contribution in [0.25, 0.3) is 10.8 Å². The SMILES string of the molecule is NNC(c1csc(I)c1)c1ccc2ccccc2c1. The van der Waals surface area contributed by atoms with E-state index in [-0.39, 0.29) is 6.04 Å². The predicted molar refractivity (Wildman–Crippen MR) is 90.2 cm³/mol. The van der Waals surface area contributed by atoms with Crippen LogP contribution in [0.4, 0.5) is 0 Å². The third-order valence-electron chi connectivity index (χ3n) is 3.19. The number of fused-ring (bicyclic) bond motifs is 1. The first-order valence-electron chi connectivity index (χ1n) is 5.96. The van der Waals surface area contributed by atoms with Crippen molar-refractivity contribution < 1.29 is 0 Å². The summed E-state index contributed by atoms with van der Waals surface area (Å²) in [7, 11) is 0. The number of hydrogen-bond acceptors (Lipinski definition) is 3. The van der Waals surface area contributed by atoms with Gasteiger partial charge in [-0.3, -0.25) is 5.84 Å². The van der Waals surface area contributed by atoms with Crippen molar-refractivity contribution in [1.82, 2.24) is 5.43 Å². The Hall–Kier alpha value is -0.950. The topological polar surface area (TPSA) is 38.0 Å². The Kier molecular flexibility index (Phi) is 3.83. The second-order valence-electron chi connectivity index (χ2n) is 4.39. The van der Waals surface area contributed by atoms with Gasteiger partial charge in [0.05, 0.1) is 8.93 Å². The normalized spacial score (nSPS) is 12.7. The second kappa shape index (κ2) is 5.58. The van der Waals surface area contributed by atoms with Crippen molar-refractivity contribution in [2.24, 2.45) is 5.84 Å². The molecular formula is C15H13IN2S. The van der Waals surface area contributed by atoms with E-state index < -0.39 is 0 Å². The molecule has 1 unspecified atom stereocenters. The molecule has 0 aliphatic rings. The van der Waals surface area contributed by atoms with E-state index in [0.717, 1.165) is 0 Å². The third-order valence-corrected chi connectivity index (χ3v) is 5.00. The minimum absolute atomic E-state index is 0.0457. The van der Waals surface area contributed by atoms with Crippen LogP contribution < -0.4 is 11.3 Å². The maximum Gasteiger partial charge on any atom is 0.0718 e. The number of thiophene rings is 1. The molecule has 3 rings (SSSR count). The summed E-state index contributed by atoms with van der Waals surface area (Å²) in [5.74, 6) is 5.74.